The number of hydrogen-bond acceptors (Lipinski definition) is 2. The number of benzene rings is 2. The normalized spacial score (nSPS) is 10.1. The summed E-state index contributed by atoms with van der Waals surface area (Å²) in [6.45, 7) is 2.16. The van der Waals surface area contributed by atoms with Gasteiger partial charge in [0.25, 0.3) is 0 Å². The number of methoxy groups -OCH3 is 1. The molecule has 3 nitrogen and oxygen atoms in total. The predicted molar refractivity (Wildman–Crippen MR) is 95.7 cm³/mol. The minimum absolute atomic E-state index is 0.292. The van der Waals surface area contributed by atoms with Gasteiger partial charge in [0.1, 0.15) is 24.7 Å². The zero-order chi connectivity index (χ0) is 16.5. The third kappa shape index (κ3) is 5.63. The van der Waals surface area contributed by atoms with E-state index in [1.165, 1.54) is 5.56 Å². The number of quaternary nitrogens is 1. The fourth-order valence-corrected chi connectivity index (χ4v) is 2.69. The Bertz CT molecular complexity index is 662. The Hall–Kier alpha value is -1.96. The number of halogens is 1. The van der Waals surface area contributed by atoms with E-state index in [-0.39, 0.29) is 0 Å². The predicted octanol–water partition coefficient (Wildman–Crippen LogP) is 2.78. The van der Waals surface area contributed by atoms with Gasteiger partial charge in [0, 0.05) is 16.5 Å². The van der Waals surface area contributed by atoms with Crippen LogP contribution in [0.5, 0.6) is 11.5 Å². The van der Waals surface area contributed by atoms with E-state index in [1.54, 1.807) is 7.11 Å². The number of ether oxygens (including phenoxy) is 2. The molecule has 2 N–H and O–H groups in total. The summed E-state index contributed by atoms with van der Waals surface area (Å²) in [5.74, 6) is 4.25. The van der Waals surface area contributed by atoms with Crippen molar-refractivity contribution in [2.24, 2.45) is 0 Å². The molecule has 0 unspecified atom stereocenters. The van der Waals surface area contributed by atoms with E-state index >= 15 is 0 Å². The van der Waals surface area contributed by atoms with Crippen LogP contribution in [0, 0.1) is 12.3 Å². The lowest BCUT2D eigenvalue weighted by Crippen LogP contribution is -2.83. The SMILES string of the molecule is C#CCOc1ccc(Br)cc1C[NH2+]CCc1ccc(OC)cc1. The van der Waals surface area contributed by atoms with Crippen molar-refractivity contribution in [2.45, 2.75) is 13.0 Å². The molecule has 0 atom stereocenters. The Morgan fingerprint density at radius 3 is 2.65 bits per heavy atom. The summed E-state index contributed by atoms with van der Waals surface area (Å²) in [7, 11) is 1.68. The monoisotopic (exact) mass is 374 g/mol. The summed E-state index contributed by atoms with van der Waals surface area (Å²) in [6, 6.07) is 14.2. The maximum Gasteiger partial charge on any atom is 0.148 e. The number of hydrogen-bond donors (Lipinski definition) is 1. The van der Waals surface area contributed by atoms with Gasteiger partial charge in [-0.3, -0.25) is 0 Å². The molecule has 0 saturated carbocycles. The number of terminal acetylenes is 1. The first-order valence-electron chi connectivity index (χ1n) is 7.52. The summed E-state index contributed by atoms with van der Waals surface area (Å²) in [6.07, 6.45) is 6.27. The van der Waals surface area contributed by atoms with Crippen LogP contribution < -0.4 is 14.8 Å². The first-order valence-corrected chi connectivity index (χ1v) is 8.31. The molecule has 120 valence electrons. The molecule has 0 bridgehead atoms. The molecule has 0 aromatic heterocycles. The van der Waals surface area contributed by atoms with Crippen LogP contribution in [0.2, 0.25) is 0 Å². The minimum atomic E-state index is 0.292. The molecule has 0 amide bonds. The zero-order valence-electron chi connectivity index (χ0n) is 13.2. The van der Waals surface area contributed by atoms with E-state index in [4.69, 9.17) is 15.9 Å². The fourth-order valence-electron chi connectivity index (χ4n) is 2.29. The van der Waals surface area contributed by atoms with Crippen LogP contribution in [0.4, 0.5) is 0 Å². The van der Waals surface area contributed by atoms with Crippen molar-refractivity contribution >= 4 is 15.9 Å². The Labute approximate surface area is 146 Å². The maximum absolute atomic E-state index is 5.59. The molecule has 0 radical (unpaired) electrons. The summed E-state index contributed by atoms with van der Waals surface area (Å²) >= 11 is 3.50. The maximum atomic E-state index is 5.59. The lowest BCUT2D eigenvalue weighted by Gasteiger charge is -2.10. The number of nitrogens with two attached hydrogens (primary N) is 1. The van der Waals surface area contributed by atoms with Crippen molar-refractivity contribution in [3.63, 3.8) is 0 Å². The highest BCUT2D eigenvalue weighted by Crippen LogP contribution is 2.22. The van der Waals surface area contributed by atoms with E-state index in [9.17, 15) is 0 Å². The van der Waals surface area contributed by atoms with Gasteiger partial charge in [0.2, 0.25) is 0 Å². The summed E-state index contributed by atoms with van der Waals surface area (Å²) in [5.41, 5.74) is 2.45. The largest absolute Gasteiger partial charge is 0.497 e. The van der Waals surface area contributed by atoms with Gasteiger partial charge in [-0.25, -0.2) is 0 Å². The average Bonchev–Trinajstić information content (AvgIpc) is 2.58. The van der Waals surface area contributed by atoms with Gasteiger partial charge >= 0.3 is 0 Å². The van der Waals surface area contributed by atoms with E-state index in [2.05, 4.69) is 45.4 Å². The van der Waals surface area contributed by atoms with Crippen molar-refractivity contribution in [2.75, 3.05) is 20.3 Å². The molecule has 0 aliphatic carbocycles. The third-order valence-corrected chi connectivity index (χ3v) is 3.99. The highest BCUT2D eigenvalue weighted by molar-refractivity contribution is 9.10. The van der Waals surface area contributed by atoms with Crippen molar-refractivity contribution < 1.29 is 14.8 Å². The highest BCUT2D eigenvalue weighted by atomic mass is 79.9. The van der Waals surface area contributed by atoms with Crippen LogP contribution in [-0.4, -0.2) is 20.3 Å². The van der Waals surface area contributed by atoms with Crippen molar-refractivity contribution in [1.82, 2.24) is 0 Å². The van der Waals surface area contributed by atoms with Crippen LogP contribution in [-0.2, 0) is 13.0 Å². The van der Waals surface area contributed by atoms with E-state index in [0.717, 1.165) is 41.0 Å². The molecule has 23 heavy (non-hydrogen) atoms. The Balaban J connectivity index is 1.85. The lowest BCUT2D eigenvalue weighted by molar-refractivity contribution is -0.670. The van der Waals surface area contributed by atoms with Crippen LogP contribution in [0.1, 0.15) is 11.1 Å². The minimum Gasteiger partial charge on any atom is -0.497 e. The van der Waals surface area contributed by atoms with Gasteiger partial charge in [-0.15, -0.1) is 6.42 Å². The van der Waals surface area contributed by atoms with Gasteiger partial charge in [0.05, 0.1) is 13.7 Å². The molecule has 0 heterocycles. The van der Waals surface area contributed by atoms with E-state index in [1.807, 2.05) is 24.3 Å². The van der Waals surface area contributed by atoms with Crippen LogP contribution in [0.15, 0.2) is 46.9 Å². The summed E-state index contributed by atoms with van der Waals surface area (Å²) in [4.78, 5) is 0. The van der Waals surface area contributed by atoms with E-state index in [0.29, 0.717) is 6.61 Å². The molecular formula is C19H21BrNO2+. The second-order valence-electron chi connectivity index (χ2n) is 5.12. The second-order valence-corrected chi connectivity index (χ2v) is 6.04. The first-order chi connectivity index (χ1) is 11.2. The van der Waals surface area contributed by atoms with Gasteiger partial charge in [-0.1, -0.05) is 34.0 Å². The average molecular weight is 375 g/mol. The fraction of sp³-hybridized carbons (Fsp3) is 0.263. The Kier molecular flexibility index (Phi) is 6.99. The van der Waals surface area contributed by atoms with Gasteiger partial charge < -0.3 is 14.8 Å². The second kappa shape index (κ2) is 9.24. The Morgan fingerprint density at radius 1 is 1.17 bits per heavy atom. The Morgan fingerprint density at radius 2 is 1.96 bits per heavy atom. The van der Waals surface area contributed by atoms with Crippen molar-refractivity contribution in [3.8, 4) is 23.8 Å². The van der Waals surface area contributed by atoms with Crippen molar-refractivity contribution in [1.29, 1.82) is 0 Å². The van der Waals surface area contributed by atoms with Gasteiger partial charge in [-0.2, -0.15) is 0 Å². The highest BCUT2D eigenvalue weighted by Gasteiger charge is 2.06. The molecule has 2 aromatic rings. The smallest absolute Gasteiger partial charge is 0.148 e. The van der Waals surface area contributed by atoms with Crippen LogP contribution in [0.25, 0.3) is 0 Å². The topological polar surface area (TPSA) is 35.1 Å². The number of rotatable bonds is 8. The quantitative estimate of drug-likeness (QED) is 0.569. The van der Waals surface area contributed by atoms with Gasteiger partial charge in [-0.05, 0) is 35.9 Å². The molecule has 0 spiro atoms. The van der Waals surface area contributed by atoms with Crippen LogP contribution >= 0.6 is 15.9 Å². The summed E-state index contributed by atoms with van der Waals surface area (Å²) in [5, 5.41) is 2.27. The molecular weight excluding hydrogens is 354 g/mol. The molecule has 4 heteroatoms. The standard InChI is InChI=1S/C19H20BrNO2/c1-3-12-23-19-9-6-17(20)13-16(19)14-21-11-10-15-4-7-18(22-2)8-5-15/h1,4-9,13,21H,10-12,14H2,2H3/p+1. The lowest BCUT2D eigenvalue weighted by atomic mass is 10.1. The first kappa shape index (κ1) is 17.4. The van der Waals surface area contributed by atoms with E-state index < -0.39 is 0 Å². The van der Waals surface area contributed by atoms with Crippen LogP contribution in [0.3, 0.4) is 0 Å². The molecule has 0 saturated heterocycles. The molecule has 0 aliphatic rings. The molecule has 2 rings (SSSR count). The summed E-state index contributed by atoms with van der Waals surface area (Å²) < 4.78 is 11.8. The van der Waals surface area contributed by atoms with Gasteiger partial charge in [0.15, 0.2) is 0 Å². The van der Waals surface area contributed by atoms with Crippen molar-refractivity contribution in [3.05, 3.63) is 58.1 Å². The molecule has 0 aliphatic heterocycles. The zero-order valence-corrected chi connectivity index (χ0v) is 14.8. The molecule has 2 aromatic carbocycles. The molecule has 0 fully saturated rings. The third-order valence-electron chi connectivity index (χ3n) is 3.49.